The van der Waals surface area contributed by atoms with Crippen LogP contribution in [0.25, 0.3) is 10.9 Å². The highest BCUT2D eigenvalue weighted by Gasteiger charge is 2.23. The molecule has 1 aliphatic rings. The lowest BCUT2D eigenvalue weighted by molar-refractivity contribution is 0.330. The Morgan fingerprint density at radius 1 is 1.03 bits per heavy atom. The van der Waals surface area contributed by atoms with Crippen LogP contribution >= 0.6 is 11.8 Å². The first-order valence-corrected chi connectivity index (χ1v) is 11.6. The minimum absolute atomic E-state index is 0.00479. The van der Waals surface area contributed by atoms with Crippen molar-refractivity contribution in [3.05, 3.63) is 62.8 Å². The smallest absolute Gasteiger partial charge is 0.332 e. The molecule has 0 unspecified atom stereocenters. The van der Waals surface area contributed by atoms with Crippen LogP contribution in [0.1, 0.15) is 24.4 Å². The topological polar surface area (TPSA) is 97.7 Å². The largest absolute Gasteiger partial charge is 0.493 e. The summed E-state index contributed by atoms with van der Waals surface area (Å²) in [5.41, 5.74) is 6.24. The maximum Gasteiger partial charge on any atom is 0.332 e. The number of hydrogen-bond donors (Lipinski definition) is 1. The van der Waals surface area contributed by atoms with Crippen LogP contribution in [-0.2, 0) is 6.54 Å². The number of fused-ring (bicyclic) bond motifs is 1. The lowest BCUT2D eigenvalue weighted by Crippen LogP contribution is -2.42. The van der Waals surface area contributed by atoms with Gasteiger partial charge >= 0.3 is 5.69 Å². The van der Waals surface area contributed by atoms with Crippen LogP contribution < -0.4 is 31.2 Å². The number of methoxy groups -OCH3 is 2. The number of benzene rings is 2. The van der Waals surface area contributed by atoms with Crippen LogP contribution in [0.4, 0.5) is 0 Å². The van der Waals surface area contributed by atoms with E-state index in [4.69, 9.17) is 19.9 Å². The molecule has 0 spiro atoms. The van der Waals surface area contributed by atoms with Gasteiger partial charge in [-0.3, -0.25) is 19.7 Å². The second kappa shape index (κ2) is 9.70. The summed E-state index contributed by atoms with van der Waals surface area (Å²) in [6, 6.07) is 10.6. The van der Waals surface area contributed by atoms with Crippen molar-refractivity contribution < 1.29 is 14.2 Å². The normalized spacial score (nSPS) is 14.5. The van der Waals surface area contributed by atoms with Crippen molar-refractivity contribution in [2.75, 3.05) is 32.5 Å². The SMILES string of the molecule is COc1ccc(Cn2c(=O)c3cc(OCN)ccc3n(C3CCSCC3)c2=O)cc1OC. The Hall–Kier alpha value is -2.91. The summed E-state index contributed by atoms with van der Waals surface area (Å²) in [4.78, 5) is 27.0. The van der Waals surface area contributed by atoms with Crippen LogP contribution in [0.5, 0.6) is 17.2 Å². The number of aromatic nitrogens is 2. The Balaban J connectivity index is 1.89. The summed E-state index contributed by atoms with van der Waals surface area (Å²) in [5, 5.41) is 0.439. The van der Waals surface area contributed by atoms with E-state index in [0.29, 0.717) is 28.2 Å². The zero-order valence-electron chi connectivity index (χ0n) is 18.2. The first-order valence-electron chi connectivity index (χ1n) is 10.5. The highest BCUT2D eigenvalue weighted by molar-refractivity contribution is 7.99. The molecular formula is C23H27N3O5S. The summed E-state index contributed by atoms with van der Waals surface area (Å²) in [6.07, 6.45) is 1.77. The number of thioether (sulfide) groups is 1. The third kappa shape index (κ3) is 4.22. The number of nitrogens with zero attached hydrogens (tertiary/aromatic N) is 2. The molecule has 0 saturated carbocycles. The second-order valence-electron chi connectivity index (χ2n) is 7.57. The minimum Gasteiger partial charge on any atom is -0.493 e. The molecule has 0 radical (unpaired) electrons. The highest BCUT2D eigenvalue weighted by Crippen LogP contribution is 2.30. The monoisotopic (exact) mass is 457 g/mol. The summed E-state index contributed by atoms with van der Waals surface area (Å²) in [7, 11) is 3.12. The Bertz CT molecular complexity index is 1230. The number of hydrogen-bond acceptors (Lipinski definition) is 7. The van der Waals surface area contributed by atoms with Gasteiger partial charge < -0.3 is 14.2 Å². The molecule has 1 saturated heterocycles. The van der Waals surface area contributed by atoms with Crippen LogP contribution in [0.3, 0.4) is 0 Å². The molecule has 1 aliphatic heterocycles. The molecule has 2 aromatic carbocycles. The Morgan fingerprint density at radius 2 is 1.78 bits per heavy atom. The molecule has 8 nitrogen and oxygen atoms in total. The van der Waals surface area contributed by atoms with Crippen molar-refractivity contribution in [1.29, 1.82) is 0 Å². The zero-order chi connectivity index (χ0) is 22.7. The maximum absolute atomic E-state index is 13.6. The van der Waals surface area contributed by atoms with E-state index in [1.54, 1.807) is 49.1 Å². The van der Waals surface area contributed by atoms with Crippen molar-refractivity contribution in [3.63, 3.8) is 0 Å². The van der Waals surface area contributed by atoms with E-state index in [9.17, 15) is 9.59 Å². The van der Waals surface area contributed by atoms with Gasteiger partial charge in [0.1, 0.15) is 12.5 Å². The standard InChI is InChI=1S/C23H27N3O5S/c1-29-20-6-3-15(11-21(20)30-2)13-25-22(27)18-12-17(31-14-24)4-5-19(18)26(23(25)28)16-7-9-32-10-8-16/h3-6,11-12,16H,7-10,13-14,24H2,1-2H3. The lowest BCUT2D eigenvalue weighted by Gasteiger charge is -2.26. The molecule has 0 amide bonds. The van der Waals surface area contributed by atoms with Gasteiger partial charge in [0.05, 0.1) is 31.7 Å². The summed E-state index contributed by atoms with van der Waals surface area (Å²) in [5.74, 6) is 3.60. The summed E-state index contributed by atoms with van der Waals surface area (Å²) >= 11 is 1.89. The molecule has 4 rings (SSSR count). The molecule has 1 aromatic heterocycles. The van der Waals surface area contributed by atoms with E-state index >= 15 is 0 Å². The number of nitrogens with two attached hydrogens (primary N) is 1. The van der Waals surface area contributed by atoms with Crippen molar-refractivity contribution in [2.24, 2.45) is 5.73 Å². The molecule has 0 bridgehead atoms. The molecule has 3 aromatic rings. The second-order valence-corrected chi connectivity index (χ2v) is 8.79. The Kier molecular flexibility index (Phi) is 6.76. The van der Waals surface area contributed by atoms with Gasteiger partial charge in [-0.1, -0.05) is 6.07 Å². The Labute approximate surface area is 189 Å². The van der Waals surface area contributed by atoms with Crippen molar-refractivity contribution in [2.45, 2.75) is 25.4 Å². The zero-order valence-corrected chi connectivity index (χ0v) is 19.0. The van der Waals surface area contributed by atoms with E-state index in [2.05, 4.69) is 0 Å². The third-order valence-corrected chi connectivity index (χ3v) is 6.78. The molecule has 9 heteroatoms. The molecule has 2 heterocycles. The predicted molar refractivity (Wildman–Crippen MR) is 126 cm³/mol. The van der Waals surface area contributed by atoms with Crippen LogP contribution in [-0.4, -0.2) is 41.6 Å². The van der Waals surface area contributed by atoms with Crippen LogP contribution in [0.2, 0.25) is 0 Å². The van der Waals surface area contributed by atoms with Gasteiger partial charge in [0.25, 0.3) is 5.56 Å². The van der Waals surface area contributed by atoms with Gasteiger partial charge in [-0.2, -0.15) is 11.8 Å². The number of ether oxygens (including phenoxy) is 3. The van der Waals surface area contributed by atoms with Gasteiger partial charge in [-0.25, -0.2) is 4.79 Å². The minimum atomic E-state index is -0.358. The average Bonchev–Trinajstić information content (AvgIpc) is 2.83. The molecule has 0 atom stereocenters. The fourth-order valence-electron chi connectivity index (χ4n) is 4.15. The van der Waals surface area contributed by atoms with E-state index in [1.807, 2.05) is 17.8 Å². The van der Waals surface area contributed by atoms with Crippen molar-refractivity contribution in [1.82, 2.24) is 9.13 Å². The maximum atomic E-state index is 13.6. The fraction of sp³-hybridized carbons (Fsp3) is 0.391. The molecule has 32 heavy (non-hydrogen) atoms. The van der Waals surface area contributed by atoms with Crippen LogP contribution in [0.15, 0.2) is 46.0 Å². The Morgan fingerprint density at radius 3 is 2.47 bits per heavy atom. The quantitative estimate of drug-likeness (QED) is 0.545. The molecular weight excluding hydrogens is 430 g/mol. The first-order chi connectivity index (χ1) is 15.6. The number of rotatable bonds is 7. The van der Waals surface area contributed by atoms with E-state index < -0.39 is 0 Å². The molecule has 1 fully saturated rings. The van der Waals surface area contributed by atoms with Gasteiger partial charge in [-0.05, 0) is 60.2 Å². The van der Waals surface area contributed by atoms with E-state index in [-0.39, 0.29) is 30.6 Å². The van der Waals surface area contributed by atoms with Gasteiger partial charge in [0, 0.05) is 6.04 Å². The van der Waals surface area contributed by atoms with Crippen molar-refractivity contribution in [3.8, 4) is 17.2 Å². The molecule has 0 aliphatic carbocycles. The van der Waals surface area contributed by atoms with Gasteiger partial charge in [0.2, 0.25) is 0 Å². The predicted octanol–water partition coefficient (Wildman–Crippen LogP) is 2.59. The van der Waals surface area contributed by atoms with Gasteiger partial charge in [-0.15, -0.1) is 0 Å². The molecule has 2 N–H and O–H groups in total. The van der Waals surface area contributed by atoms with E-state index in [1.165, 1.54) is 4.57 Å². The third-order valence-electron chi connectivity index (χ3n) is 5.73. The van der Waals surface area contributed by atoms with Crippen molar-refractivity contribution >= 4 is 22.7 Å². The average molecular weight is 458 g/mol. The summed E-state index contributed by atoms with van der Waals surface area (Å²) in [6.45, 7) is 0.127. The lowest BCUT2D eigenvalue weighted by atomic mass is 10.1. The first kappa shape index (κ1) is 22.3. The molecule has 170 valence electrons. The summed E-state index contributed by atoms with van der Waals surface area (Å²) < 4.78 is 19.2. The van der Waals surface area contributed by atoms with E-state index in [0.717, 1.165) is 29.9 Å². The van der Waals surface area contributed by atoms with Gasteiger partial charge in [0.15, 0.2) is 11.5 Å². The highest BCUT2D eigenvalue weighted by atomic mass is 32.2. The van der Waals surface area contributed by atoms with Crippen LogP contribution in [0, 0.1) is 0 Å². The fourth-order valence-corrected chi connectivity index (χ4v) is 5.23.